The van der Waals surface area contributed by atoms with Gasteiger partial charge in [0.1, 0.15) is 0 Å². The van der Waals surface area contributed by atoms with Crippen molar-refractivity contribution in [2.75, 3.05) is 0 Å². The van der Waals surface area contributed by atoms with Crippen LogP contribution in [0.4, 0.5) is 0 Å². The SMILES string of the molecule is C#Cc1ccc2nc(-c3ccc(C#Cc4cc(CCCCCCCC)cs4)s3)cc(-c3ccccc3)c2c1. The molecule has 0 fully saturated rings. The average Bonchev–Trinajstić information content (AvgIpc) is 3.63. The summed E-state index contributed by atoms with van der Waals surface area (Å²) in [6, 6.07) is 25.1. The van der Waals surface area contributed by atoms with Crippen molar-refractivity contribution in [2.24, 2.45) is 0 Å². The minimum absolute atomic E-state index is 0.863. The van der Waals surface area contributed by atoms with Crippen LogP contribution in [0.2, 0.25) is 0 Å². The Morgan fingerprint density at radius 3 is 2.47 bits per heavy atom. The number of aryl methyl sites for hydroxylation is 1. The van der Waals surface area contributed by atoms with Crippen LogP contribution in [0.3, 0.4) is 0 Å². The van der Waals surface area contributed by atoms with Gasteiger partial charge in [-0.1, -0.05) is 75.3 Å². The number of fused-ring (bicyclic) bond motifs is 1. The summed E-state index contributed by atoms with van der Waals surface area (Å²) < 4.78 is 0. The minimum Gasteiger partial charge on any atom is -0.247 e. The van der Waals surface area contributed by atoms with Gasteiger partial charge in [-0.05, 0) is 89.2 Å². The zero-order chi connectivity index (χ0) is 26.2. The maximum Gasteiger partial charge on any atom is 0.0816 e. The number of terminal acetylenes is 1. The summed E-state index contributed by atoms with van der Waals surface area (Å²) in [5.41, 5.74) is 6.48. The molecule has 3 aromatic heterocycles. The number of nitrogens with zero attached hydrogens (tertiary/aromatic N) is 1. The monoisotopic (exact) mass is 529 g/mol. The van der Waals surface area contributed by atoms with Crippen molar-refractivity contribution in [1.29, 1.82) is 0 Å². The van der Waals surface area contributed by atoms with E-state index in [1.54, 1.807) is 22.7 Å². The number of thiophene rings is 2. The fourth-order valence-electron chi connectivity index (χ4n) is 4.65. The first-order valence-electron chi connectivity index (χ1n) is 13.4. The van der Waals surface area contributed by atoms with Gasteiger partial charge in [-0.3, -0.25) is 0 Å². The predicted molar refractivity (Wildman–Crippen MR) is 166 cm³/mol. The van der Waals surface area contributed by atoms with E-state index in [9.17, 15) is 0 Å². The van der Waals surface area contributed by atoms with E-state index in [0.717, 1.165) is 54.3 Å². The van der Waals surface area contributed by atoms with Crippen molar-refractivity contribution in [1.82, 2.24) is 4.98 Å². The third kappa shape index (κ3) is 6.43. The number of aromatic nitrogens is 1. The maximum atomic E-state index is 5.69. The summed E-state index contributed by atoms with van der Waals surface area (Å²) in [5, 5.41) is 3.34. The number of rotatable bonds is 9. The molecule has 0 saturated carbocycles. The molecule has 2 aromatic carbocycles. The molecule has 0 spiro atoms. The molecule has 0 aliphatic heterocycles. The van der Waals surface area contributed by atoms with Gasteiger partial charge in [0.15, 0.2) is 0 Å². The topological polar surface area (TPSA) is 12.9 Å². The van der Waals surface area contributed by atoms with E-state index < -0.39 is 0 Å². The Morgan fingerprint density at radius 2 is 1.63 bits per heavy atom. The summed E-state index contributed by atoms with van der Waals surface area (Å²) in [7, 11) is 0. The maximum absolute atomic E-state index is 5.69. The summed E-state index contributed by atoms with van der Waals surface area (Å²) in [6.07, 6.45) is 14.8. The summed E-state index contributed by atoms with van der Waals surface area (Å²) in [6.45, 7) is 2.27. The number of benzene rings is 2. The smallest absolute Gasteiger partial charge is 0.0816 e. The Kier molecular flexibility index (Phi) is 8.72. The Hall–Kier alpha value is -3.63. The zero-order valence-electron chi connectivity index (χ0n) is 21.8. The summed E-state index contributed by atoms with van der Waals surface area (Å²) in [4.78, 5) is 8.30. The van der Waals surface area contributed by atoms with E-state index in [1.807, 2.05) is 18.2 Å². The molecule has 0 saturated heterocycles. The molecule has 3 heteroatoms. The lowest BCUT2D eigenvalue weighted by molar-refractivity contribution is 0.608. The highest BCUT2D eigenvalue weighted by molar-refractivity contribution is 7.16. The second-order valence-electron chi connectivity index (χ2n) is 9.55. The third-order valence-corrected chi connectivity index (χ3v) is 8.62. The van der Waals surface area contributed by atoms with E-state index in [4.69, 9.17) is 11.4 Å². The van der Waals surface area contributed by atoms with Crippen LogP contribution in [-0.2, 0) is 6.42 Å². The number of hydrogen-bond donors (Lipinski definition) is 0. The molecule has 5 rings (SSSR count). The van der Waals surface area contributed by atoms with Crippen LogP contribution in [0.15, 0.2) is 78.2 Å². The molecule has 3 heterocycles. The van der Waals surface area contributed by atoms with Crippen molar-refractivity contribution in [3.05, 3.63) is 99.1 Å². The second-order valence-corrected chi connectivity index (χ2v) is 11.5. The van der Waals surface area contributed by atoms with Crippen molar-refractivity contribution < 1.29 is 0 Å². The molecule has 1 nitrogen and oxygen atoms in total. The minimum atomic E-state index is 0.863. The quantitative estimate of drug-likeness (QED) is 0.137. The molecule has 0 bridgehead atoms. The van der Waals surface area contributed by atoms with Crippen LogP contribution in [0, 0.1) is 24.2 Å². The largest absolute Gasteiger partial charge is 0.247 e. The molecular formula is C35H31NS2. The van der Waals surface area contributed by atoms with Gasteiger partial charge in [-0.2, -0.15) is 0 Å². The van der Waals surface area contributed by atoms with Crippen LogP contribution in [0.5, 0.6) is 0 Å². The standard InChI is InChI=1S/C35H31NS2/c1-3-5-6-7-8-10-13-27-22-30(37-25-27)18-17-29-19-21-35(38-29)34-24-31(28-14-11-9-12-15-28)32-23-26(4-2)16-20-33(32)36-34/h2,9,11-12,14-16,19-25H,3,5-8,10,13H2,1H3. The highest BCUT2D eigenvalue weighted by Gasteiger charge is 2.12. The molecule has 0 aliphatic carbocycles. The van der Waals surface area contributed by atoms with Gasteiger partial charge in [-0.15, -0.1) is 29.1 Å². The molecule has 0 radical (unpaired) electrons. The Balaban J connectivity index is 1.34. The van der Waals surface area contributed by atoms with Crippen LogP contribution in [-0.4, -0.2) is 4.98 Å². The number of pyridine rings is 1. The van der Waals surface area contributed by atoms with E-state index >= 15 is 0 Å². The highest BCUT2D eigenvalue weighted by atomic mass is 32.1. The zero-order valence-corrected chi connectivity index (χ0v) is 23.4. The molecular weight excluding hydrogens is 499 g/mol. The van der Waals surface area contributed by atoms with E-state index in [1.165, 1.54) is 44.1 Å². The predicted octanol–water partition coefficient (Wildman–Crippen LogP) is 9.98. The first kappa shape index (κ1) is 26.0. The average molecular weight is 530 g/mol. The van der Waals surface area contributed by atoms with E-state index in [-0.39, 0.29) is 0 Å². The molecule has 0 unspecified atom stereocenters. The van der Waals surface area contributed by atoms with Gasteiger partial charge >= 0.3 is 0 Å². The van der Waals surface area contributed by atoms with E-state index in [0.29, 0.717) is 0 Å². The Bertz CT molecular complexity index is 1620. The lowest BCUT2D eigenvalue weighted by atomic mass is 9.98. The molecule has 0 N–H and O–H groups in total. The van der Waals surface area contributed by atoms with Crippen LogP contribution in [0.1, 0.15) is 66.3 Å². The van der Waals surface area contributed by atoms with Crippen LogP contribution >= 0.6 is 22.7 Å². The van der Waals surface area contributed by atoms with Crippen molar-refractivity contribution in [3.63, 3.8) is 0 Å². The van der Waals surface area contributed by atoms with Crippen LogP contribution < -0.4 is 0 Å². The fourth-order valence-corrected chi connectivity index (χ4v) is 6.26. The molecule has 0 amide bonds. The van der Waals surface area contributed by atoms with Crippen molar-refractivity contribution in [3.8, 4) is 45.9 Å². The fraction of sp³-hybridized carbons (Fsp3) is 0.229. The van der Waals surface area contributed by atoms with Crippen molar-refractivity contribution >= 4 is 33.6 Å². The second kappa shape index (κ2) is 12.7. The molecule has 0 atom stereocenters. The van der Waals surface area contributed by atoms with Gasteiger partial charge in [0.2, 0.25) is 0 Å². The lowest BCUT2D eigenvalue weighted by Crippen LogP contribution is -1.89. The lowest BCUT2D eigenvalue weighted by Gasteiger charge is -2.10. The van der Waals surface area contributed by atoms with Gasteiger partial charge < -0.3 is 0 Å². The van der Waals surface area contributed by atoms with Gasteiger partial charge in [0.05, 0.1) is 25.8 Å². The van der Waals surface area contributed by atoms with E-state index in [2.05, 4.69) is 84.7 Å². The highest BCUT2D eigenvalue weighted by Crippen LogP contribution is 2.35. The number of hydrogen-bond acceptors (Lipinski definition) is 3. The summed E-state index contributed by atoms with van der Waals surface area (Å²) in [5.74, 6) is 9.52. The van der Waals surface area contributed by atoms with Gasteiger partial charge in [0.25, 0.3) is 0 Å². The normalized spacial score (nSPS) is 10.7. The van der Waals surface area contributed by atoms with Gasteiger partial charge in [0, 0.05) is 10.9 Å². The van der Waals surface area contributed by atoms with Crippen LogP contribution in [0.25, 0.3) is 32.6 Å². The Labute approximate surface area is 234 Å². The third-order valence-electron chi connectivity index (χ3n) is 6.70. The van der Waals surface area contributed by atoms with Gasteiger partial charge in [-0.25, -0.2) is 4.98 Å². The number of unbranched alkanes of at least 4 members (excludes halogenated alkanes) is 5. The molecule has 5 aromatic rings. The molecule has 0 aliphatic rings. The first-order valence-corrected chi connectivity index (χ1v) is 15.1. The molecule has 38 heavy (non-hydrogen) atoms. The van der Waals surface area contributed by atoms with Crippen molar-refractivity contribution in [2.45, 2.75) is 51.9 Å². The molecule has 188 valence electrons. The first-order chi connectivity index (χ1) is 18.7. The Morgan fingerprint density at radius 1 is 0.816 bits per heavy atom. The summed E-state index contributed by atoms with van der Waals surface area (Å²) >= 11 is 3.44.